The fourth-order valence-electron chi connectivity index (χ4n) is 9.13. The molecule has 5 aliphatic rings. The summed E-state index contributed by atoms with van der Waals surface area (Å²) in [6.45, 7) is 15.7. The van der Waals surface area contributed by atoms with Crippen LogP contribution >= 0.6 is 0 Å². The highest BCUT2D eigenvalue weighted by molar-refractivity contribution is 5.32. The van der Waals surface area contributed by atoms with Gasteiger partial charge in [0.1, 0.15) is 0 Å². The molecule has 2 heterocycles. The van der Waals surface area contributed by atoms with Crippen molar-refractivity contribution in [3.05, 3.63) is 11.1 Å². The summed E-state index contributed by atoms with van der Waals surface area (Å²) >= 11 is 0. The average molecular weight is 475 g/mol. The second-order valence-electron chi connectivity index (χ2n) is 14.5. The molecule has 0 unspecified atom stereocenters. The molecule has 0 aromatic heterocycles. The maximum Gasteiger partial charge on any atom is 0.0888 e. The molecule has 3 aliphatic carbocycles. The van der Waals surface area contributed by atoms with E-state index in [4.69, 9.17) is 9.47 Å². The fourth-order valence-corrected chi connectivity index (χ4v) is 9.13. The molecule has 5 fully saturated rings. The lowest BCUT2D eigenvalue weighted by Gasteiger charge is -2.54. The summed E-state index contributed by atoms with van der Waals surface area (Å²) in [5.74, 6) is 0.624. The minimum Gasteiger partial charge on any atom is -0.390 e. The van der Waals surface area contributed by atoms with Crippen molar-refractivity contribution in [2.24, 2.45) is 22.2 Å². The van der Waals surface area contributed by atoms with Crippen LogP contribution in [0.5, 0.6) is 0 Å². The van der Waals surface area contributed by atoms with Gasteiger partial charge in [-0.3, -0.25) is 0 Å². The van der Waals surface area contributed by atoms with Crippen LogP contribution in [-0.4, -0.2) is 45.8 Å². The number of hydrogen-bond donors (Lipinski definition) is 2. The van der Waals surface area contributed by atoms with Gasteiger partial charge in [-0.25, -0.2) is 0 Å². The molecular formula is C30H50O4. The van der Waals surface area contributed by atoms with Gasteiger partial charge in [-0.2, -0.15) is 0 Å². The molecule has 0 aromatic rings. The maximum atomic E-state index is 10.8. The molecule has 4 nitrogen and oxygen atoms in total. The van der Waals surface area contributed by atoms with Crippen molar-refractivity contribution in [2.75, 3.05) is 0 Å². The summed E-state index contributed by atoms with van der Waals surface area (Å²) in [5.41, 5.74) is 3.04. The number of hydrogen-bond acceptors (Lipinski definition) is 4. The van der Waals surface area contributed by atoms with Crippen molar-refractivity contribution in [2.45, 2.75) is 155 Å². The Hall–Kier alpha value is -0.420. The van der Waals surface area contributed by atoms with Crippen molar-refractivity contribution >= 4 is 0 Å². The van der Waals surface area contributed by atoms with Gasteiger partial charge in [-0.05, 0) is 120 Å². The van der Waals surface area contributed by atoms with Gasteiger partial charge >= 0.3 is 0 Å². The molecule has 34 heavy (non-hydrogen) atoms. The molecular weight excluding hydrogens is 424 g/mol. The first-order valence-corrected chi connectivity index (χ1v) is 14.1. The van der Waals surface area contributed by atoms with E-state index in [0.717, 1.165) is 51.4 Å². The smallest absolute Gasteiger partial charge is 0.0888 e. The zero-order valence-corrected chi connectivity index (χ0v) is 22.9. The van der Waals surface area contributed by atoms with Crippen molar-refractivity contribution in [1.82, 2.24) is 0 Å². The molecule has 2 aliphatic heterocycles. The Morgan fingerprint density at radius 3 is 1.97 bits per heavy atom. The highest BCUT2D eigenvalue weighted by atomic mass is 16.5. The third kappa shape index (κ3) is 3.76. The second-order valence-corrected chi connectivity index (χ2v) is 14.5. The molecule has 0 radical (unpaired) electrons. The van der Waals surface area contributed by atoms with Crippen LogP contribution in [0, 0.1) is 22.2 Å². The SMILES string of the molecule is CC1(C)O[C@@H]2CC/C(=C3/CC[C@@H]4[C@@]5(C)CC[C@@H](O)C(C)(C)O[C@@H]5CC[C@@]34C)C[C@@]2(C)CC[C@H]1O. The summed E-state index contributed by atoms with van der Waals surface area (Å²) in [5, 5.41) is 21.5. The van der Waals surface area contributed by atoms with E-state index in [0.29, 0.717) is 5.92 Å². The molecule has 0 spiro atoms. The Balaban J connectivity index is 1.44. The summed E-state index contributed by atoms with van der Waals surface area (Å²) in [7, 11) is 0. The third-order valence-electron chi connectivity index (χ3n) is 11.6. The summed E-state index contributed by atoms with van der Waals surface area (Å²) in [6.07, 6.45) is 11.6. The summed E-state index contributed by atoms with van der Waals surface area (Å²) in [6, 6.07) is 0. The fraction of sp³-hybridized carbons (Fsp3) is 0.933. The first-order chi connectivity index (χ1) is 15.7. The molecule has 194 valence electrons. The molecule has 0 bridgehead atoms. The standard InChI is InChI=1S/C30H50O4/c1-26(2)22(31)12-15-28(5)18-19(8-11-24(28)33-26)20-9-10-21-29(20,6)17-14-25-30(21,7)16-13-23(32)27(3,4)34-25/h21-25,31-32H,8-18H2,1-7H3/b20-19+/t21-,22+,23+,24+,25+,28+,29-,30+/m0/s1. The maximum absolute atomic E-state index is 10.8. The quantitative estimate of drug-likeness (QED) is 0.403. The Morgan fingerprint density at radius 2 is 1.29 bits per heavy atom. The van der Waals surface area contributed by atoms with Gasteiger partial charge < -0.3 is 19.7 Å². The van der Waals surface area contributed by atoms with Crippen LogP contribution in [0.2, 0.25) is 0 Å². The van der Waals surface area contributed by atoms with Crippen LogP contribution in [0.15, 0.2) is 11.1 Å². The third-order valence-corrected chi connectivity index (χ3v) is 11.6. The van der Waals surface area contributed by atoms with Crippen LogP contribution in [-0.2, 0) is 9.47 Å². The lowest BCUT2D eigenvalue weighted by Crippen LogP contribution is -2.52. The average Bonchev–Trinajstić information content (AvgIpc) is 3.04. The minimum atomic E-state index is -0.457. The van der Waals surface area contributed by atoms with E-state index in [2.05, 4.69) is 48.5 Å². The monoisotopic (exact) mass is 474 g/mol. The summed E-state index contributed by atoms with van der Waals surface area (Å²) in [4.78, 5) is 0. The number of ether oxygens (including phenoxy) is 2. The molecule has 5 rings (SSSR count). The van der Waals surface area contributed by atoms with Crippen molar-refractivity contribution < 1.29 is 19.7 Å². The molecule has 8 atom stereocenters. The largest absolute Gasteiger partial charge is 0.390 e. The van der Waals surface area contributed by atoms with E-state index in [9.17, 15) is 10.2 Å². The van der Waals surface area contributed by atoms with Gasteiger partial charge in [0.25, 0.3) is 0 Å². The van der Waals surface area contributed by atoms with Crippen LogP contribution in [0.25, 0.3) is 0 Å². The number of aliphatic hydroxyl groups is 2. The van der Waals surface area contributed by atoms with Crippen LogP contribution in [0.3, 0.4) is 0 Å². The number of rotatable bonds is 0. The molecule has 0 aromatic carbocycles. The van der Waals surface area contributed by atoms with Crippen LogP contribution in [0.4, 0.5) is 0 Å². The van der Waals surface area contributed by atoms with Crippen molar-refractivity contribution in [3.63, 3.8) is 0 Å². The predicted octanol–water partition coefficient (Wildman–Crippen LogP) is 6.33. The second kappa shape index (κ2) is 8.04. The van der Waals surface area contributed by atoms with E-state index in [1.54, 1.807) is 11.1 Å². The topological polar surface area (TPSA) is 58.9 Å². The van der Waals surface area contributed by atoms with E-state index in [1.807, 2.05) is 0 Å². The van der Waals surface area contributed by atoms with Gasteiger partial charge in [0, 0.05) is 0 Å². The van der Waals surface area contributed by atoms with Crippen molar-refractivity contribution in [3.8, 4) is 0 Å². The summed E-state index contributed by atoms with van der Waals surface area (Å²) < 4.78 is 13.3. The Bertz CT molecular complexity index is 845. The van der Waals surface area contributed by atoms with Gasteiger partial charge in [-0.15, -0.1) is 0 Å². The van der Waals surface area contributed by atoms with E-state index >= 15 is 0 Å². The molecule has 0 amide bonds. The molecule has 2 N–H and O–H groups in total. The predicted molar refractivity (Wildman–Crippen MR) is 136 cm³/mol. The van der Waals surface area contributed by atoms with E-state index < -0.39 is 11.2 Å². The molecule has 2 saturated heterocycles. The molecule has 4 heteroatoms. The van der Waals surface area contributed by atoms with Gasteiger partial charge in [0.2, 0.25) is 0 Å². The zero-order valence-electron chi connectivity index (χ0n) is 22.9. The Labute approximate surface area is 207 Å². The lowest BCUT2D eigenvalue weighted by atomic mass is 9.53. The van der Waals surface area contributed by atoms with Crippen LogP contribution < -0.4 is 0 Å². The first-order valence-electron chi connectivity index (χ1n) is 14.1. The lowest BCUT2D eigenvalue weighted by molar-refractivity contribution is -0.181. The molecule has 3 saturated carbocycles. The Kier molecular flexibility index (Phi) is 5.97. The Morgan fingerprint density at radius 1 is 0.676 bits per heavy atom. The van der Waals surface area contributed by atoms with Gasteiger partial charge in [0.05, 0.1) is 35.6 Å². The minimum absolute atomic E-state index is 0.116. The zero-order chi connectivity index (χ0) is 24.7. The highest BCUT2D eigenvalue weighted by Gasteiger charge is 2.60. The normalized spacial score (nSPS) is 52.7. The van der Waals surface area contributed by atoms with Crippen molar-refractivity contribution in [1.29, 1.82) is 0 Å². The number of fused-ring (bicyclic) bond motifs is 4. The van der Waals surface area contributed by atoms with E-state index in [1.165, 1.54) is 19.3 Å². The number of aliphatic hydroxyl groups excluding tert-OH is 2. The van der Waals surface area contributed by atoms with Crippen LogP contribution in [0.1, 0.15) is 119 Å². The van der Waals surface area contributed by atoms with E-state index in [-0.39, 0.29) is 40.7 Å². The highest BCUT2D eigenvalue weighted by Crippen LogP contribution is 2.66. The number of allylic oxidation sites excluding steroid dienone is 2. The first kappa shape index (κ1) is 25.2. The van der Waals surface area contributed by atoms with Gasteiger partial charge in [-0.1, -0.05) is 31.9 Å². The van der Waals surface area contributed by atoms with Gasteiger partial charge in [0.15, 0.2) is 0 Å².